The van der Waals surface area contributed by atoms with E-state index in [0.717, 1.165) is 16.7 Å². The van der Waals surface area contributed by atoms with Crippen molar-refractivity contribution in [2.24, 2.45) is 0 Å². The summed E-state index contributed by atoms with van der Waals surface area (Å²) < 4.78 is 19.7. The molecule has 0 aromatic heterocycles. The molecule has 4 aromatic rings. The van der Waals surface area contributed by atoms with Crippen molar-refractivity contribution in [2.75, 3.05) is 12.0 Å². The van der Waals surface area contributed by atoms with Gasteiger partial charge >= 0.3 is 0 Å². The zero-order valence-corrected chi connectivity index (χ0v) is 21.3. The number of benzene rings is 4. The van der Waals surface area contributed by atoms with Gasteiger partial charge in [-0.25, -0.2) is 4.39 Å². The van der Waals surface area contributed by atoms with Crippen molar-refractivity contribution in [1.29, 1.82) is 0 Å². The third kappa shape index (κ3) is 4.91. The summed E-state index contributed by atoms with van der Waals surface area (Å²) in [7, 11) is 1.41. The minimum Gasteiger partial charge on any atom is -0.364 e. The van der Waals surface area contributed by atoms with E-state index in [9.17, 15) is 14.3 Å². The zero-order valence-electron chi connectivity index (χ0n) is 19.8. The number of hydrogen-bond acceptors (Lipinski definition) is 3. The topological polar surface area (TPSA) is 49.8 Å². The van der Waals surface area contributed by atoms with Crippen molar-refractivity contribution >= 4 is 45.9 Å². The van der Waals surface area contributed by atoms with Crippen molar-refractivity contribution in [3.63, 3.8) is 0 Å². The molecule has 4 nitrogen and oxygen atoms in total. The van der Waals surface area contributed by atoms with Crippen LogP contribution >= 0.6 is 23.2 Å². The molecule has 0 fully saturated rings. The summed E-state index contributed by atoms with van der Waals surface area (Å²) in [6.45, 7) is 0.160. The van der Waals surface area contributed by atoms with Crippen LogP contribution < -0.4 is 4.90 Å². The second-order valence-corrected chi connectivity index (χ2v) is 9.47. The zero-order chi connectivity index (χ0) is 26.1. The molecule has 1 atom stereocenters. The molecule has 5 rings (SSSR count). The normalized spacial score (nSPS) is 15.1. The fourth-order valence-electron chi connectivity index (χ4n) is 4.62. The predicted octanol–water partition coefficient (Wildman–Crippen LogP) is 7.28. The van der Waals surface area contributed by atoms with Crippen LogP contribution in [0.15, 0.2) is 91.0 Å². The number of amides is 1. The van der Waals surface area contributed by atoms with Crippen LogP contribution in [0.2, 0.25) is 10.0 Å². The highest BCUT2D eigenvalue weighted by molar-refractivity contribution is 6.43. The Morgan fingerprint density at radius 2 is 1.65 bits per heavy atom. The van der Waals surface area contributed by atoms with Gasteiger partial charge in [0.1, 0.15) is 5.82 Å². The Bertz CT molecular complexity index is 1500. The SMILES string of the molecule is COC(O)c1cccc(CN2C(=O)C(=C(c3ccccc3)c3ccc(Cl)cc3)c3cc(F)cc(Cl)c32)c1. The van der Waals surface area contributed by atoms with Gasteiger partial charge in [-0.3, -0.25) is 4.79 Å². The number of carbonyl (C=O) groups is 1. The average molecular weight is 534 g/mol. The van der Waals surface area contributed by atoms with E-state index < -0.39 is 12.1 Å². The van der Waals surface area contributed by atoms with Gasteiger partial charge in [-0.15, -0.1) is 0 Å². The first kappa shape index (κ1) is 25.2. The van der Waals surface area contributed by atoms with E-state index in [2.05, 4.69) is 0 Å². The predicted molar refractivity (Wildman–Crippen MR) is 145 cm³/mol. The quantitative estimate of drug-likeness (QED) is 0.209. The Morgan fingerprint density at radius 3 is 2.35 bits per heavy atom. The van der Waals surface area contributed by atoms with Crippen LogP contribution in [0.3, 0.4) is 0 Å². The number of fused-ring (bicyclic) bond motifs is 1. The largest absolute Gasteiger partial charge is 0.364 e. The van der Waals surface area contributed by atoms with Gasteiger partial charge in [0.05, 0.1) is 22.8 Å². The highest BCUT2D eigenvalue weighted by atomic mass is 35.5. The number of ether oxygens (including phenoxy) is 1. The molecule has 1 aliphatic heterocycles. The van der Waals surface area contributed by atoms with Gasteiger partial charge in [0.25, 0.3) is 5.91 Å². The van der Waals surface area contributed by atoms with Gasteiger partial charge < -0.3 is 14.7 Å². The van der Waals surface area contributed by atoms with E-state index in [1.807, 2.05) is 48.5 Å². The Kier molecular flexibility index (Phi) is 7.13. The van der Waals surface area contributed by atoms with Gasteiger partial charge in [-0.1, -0.05) is 83.9 Å². The highest BCUT2D eigenvalue weighted by Gasteiger charge is 2.37. The Balaban J connectivity index is 1.72. The van der Waals surface area contributed by atoms with Crippen molar-refractivity contribution < 1.29 is 19.0 Å². The van der Waals surface area contributed by atoms with Crippen LogP contribution in [0, 0.1) is 5.82 Å². The number of aliphatic hydroxyl groups excluding tert-OH is 1. The fourth-order valence-corrected chi connectivity index (χ4v) is 5.05. The number of halogens is 3. The maximum atomic E-state index is 14.7. The molecule has 1 N–H and O–H groups in total. The molecule has 1 heterocycles. The van der Waals surface area contributed by atoms with Gasteiger partial charge in [-0.05, 0) is 47.0 Å². The number of carbonyl (C=O) groups excluding carboxylic acids is 1. The molecule has 0 bridgehead atoms. The fraction of sp³-hybridized carbons (Fsp3) is 0.100. The molecule has 0 spiro atoms. The lowest BCUT2D eigenvalue weighted by atomic mass is 9.90. The van der Waals surface area contributed by atoms with Crippen LogP contribution in [0.25, 0.3) is 11.1 Å². The summed E-state index contributed by atoms with van der Waals surface area (Å²) >= 11 is 12.7. The summed E-state index contributed by atoms with van der Waals surface area (Å²) in [5.74, 6) is -0.848. The van der Waals surface area contributed by atoms with Crippen molar-refractivity contribution in [3.05, 3.63) is 135 Å². The minimum absolute atomic E-state index is 0.134. The maximum Gasteiger partial charge on any atom is 0.259 e. The van der Waals surface area contributed by atoms with Gasteiger partial charge in [0.15, 0.2) is 6.29 Å². The molecule has 37 heavy (non-hydrogen) atoms. The first-order valence-corrected chi connectivity index (χ1v) is 12.3. The first-order chi connectivity index (χ1) is 17.9. The van der Waals surface area contributed by atoms with E-state index in [1.165, 1.54) is 19.2 Å². The van der Waals surface area contributed by atoms with Crippen molar-refractivity contribution in [1.82, 2.24) is 0 Å². The molecule has 0 radical (unpaired) electrons. The Morgan fingerprint density at radius 1 is 0.946 bits per heavy atom. The summed E-state index contributed by atoms with van der Waals surface area (Å²) in [5, 5.41) is 10.8. The summed E-state index contributed by atoms with van der Waals surface area (Å²) in [5.41, 5.74) is 4.71. The molecule has 0 saturated heterocycles. The van der Waals surface area contributed by atoms with Gasteiger partial charge in [0, 0.05) is 28.8 Å². The third-order valence-corrected chi connectivity index (χ3v) is 6.81. The number of methoxy groups -OCH3 is 1. The van der Waals surface area contributed by atoms with Crippen LogP contribution in [0.4, 0.5) is 10.1 Å². The second-order valence-electron chi connectivity index (χ2n) is 8.63. The molecule has 1 amide bonds. The third-order valence-electron chi connectivity index (χ3n) is 6.27. The summed E-state index contributed by atoms with van der Waals surface area (Å²) in [6, 6.07) is 26.3. The minimum atomic E-state index is -1.09. The van der Waals surface area contributed by atoms with Gasteiger partial charge in [0.2, 0.25) is 0 Å². The number of anilines is 1. The number of rotatable bonds is 6. The standard InChI is InChI=1S/C30H22Cl2FNO3/c1-37-30(36)21-9-5-6-18(14-21)17-34-28-24(15-23(33)16-25(28)32)27(29(34)35)26(19-7-3-2-4-8-19)20-10-12-22(31)13-11-20/h2-16,30,36H,17H2,1H3. The average Bonchev–Trinajstić information content (AvgIpc) is 3.16. The molecular formula is C30H22Cl2FNO3. The number of aliphatic hydroxyl groups is 1. The van der Waals surface area contributed by atoms with Crippen LogP contribution in [-0.2, 0) is 16.1 Å². The molecule has 7 heteroatoms. The molecular weight excluding hydrogens is 512 g/mol. The van der Waals surface area contributed by atoms with Crippen LogP contribution in [0.5, 0.6) is 0 Å². The van der Waals surface area contributed by atoms with E-state index in [1.54, 1.807) is 35.2 Å². The first-order valence-electron chi connectivity index (χ1n) is 11.5. The smallest absolute Gasteiger partial charge is 0.259 e. The Hall–Kier alpha value is -3.48. The van der Waals surface area contributed by atoms with E-state index >= 15 is 0 Å². The van der Waals surface area contributed by atoms with Crippen LogP contribution in [-0.4, -0.2) is 18.1 Å². The van der Waals surface area contributed by atoms with E-state index in [-0.39, 0.29) is 17.5 Å². The van der Waals surface area contributed by atoms with Crippen molar-refractivity contribution in [3.8, 4) is 0 Å². The molecule has 4 aromatic carbocycles. The maximum absolute atomic E-state index is 14.7. The number of nitrogens with zero attached hydrogens (tertiary/aromatic N) is 1. The highest BCUT2D eigenvalue weighted by Crippen LogP contribution is 2.47. The van der Waals surface area contributed by atoms with E-state index in [4.69, 9.17) is 27.9 Å². The molecule has 0 aliphatic carbocycles. The monoisotopic (exact) mass is 533 g/mol. The molecule has 1 unspecified atom stereocenters. The van der Waals surface area contributed by atoms with Crippen molar-refractivity contribution in [2.45, 2.75) is 12.8 Å². The Labute approximate surface area is 224 Å². The lowest BCUT2D eigenvalue weighted by molar-refractivity contribution is -0.113. The summed E-state index contributed by atoms with van der Waals surface area (Å²) in [4.78, 5) is 15.7. The summed E-state index contributed by atoms with van der Waals surface area (Å²) in [6.07, 6.45) is -1.09. The lowest BCUT2D eigenvalue weighted by Gasteiger charge is -2.20. The lowest BCUT2D eigenvalue weighted by Crippen LogP contribution is -2.26. The van der Waals surface area contributed by atoms with Crippen LogP contribution in [0.1, 0.15) is 34.1 Å². The number of hydrogen-bond donors (Lipinski definition) is 1. The molecule has 1 aliphatic rings. The van der Waals surface area contributed by atoms with Gasteiger partial charge in [-0.2, -0.15) is 0 Å². The molecule has 0 saturated carbocycles. The second kappa shape index (κ2) is 10.5. The molecule has 186 valence electrons. The van der Waals surface area contributed by atoms with E-state index in [0.29, 0.717) is 33.0 Å².